The fourth-order valence-electron chi connectivity index (χ4n) is 1.52. The minimum absolute atomic E-state index is 0.217. The monoisotopic (exact) mass is 298 g/mol. The molecule has 0 aliphatic carbocycles. The summed E-state index contributed by atoms with van der Waals surface area (Å²) in [6, 6.07) is 4.44. The second-order valence-electron chi connectivity index (χ2n) is 4.19. The van der Waals surface area contributed by atoms with Crippen molar-refractivity contribution in [1.29, 1.82) is 0 Å². The van der Waals surface area contributed by atoms with Crippen LogP contribution in [-0.2, 0) is 25.6 Å². The number of halogens is 1. The average molecular weight is 298 g/mol. The van der Waals surface area contributed by atoms with E-state index in [4.69, 9.17) is 19.3 Å². The molecule has 1 rings (SSSR count). The van der Waals surface area contributed by atoms with Crippen molar-refractivity contribution in [2.24, 2.45) is 0 Å². The Labute approximate surface area is 122 Å². The summed E-state index contributed by atoms with van der Waals surface area (Å²) in [6.07, 6.45) is 2.11. The molecule has 5 nitrogen and oxygen atoms in total. The number of carbonyl (C=O) groups is 1. The summed E-state index contributed by atoms with van der Waals surface area (Å²) in [5.41, 5.74) is 0.980. The van der Waals surface area contributed by atoms with E-state index >= 15 is 0 Å². The SMILES string of the molecule is COCCOCCOCc1ccc(F)c(/C=C/C(=O)O)c1. The molecule has 0 spiro atoms. The van der Waals surface area contributed by atoms with Gasteiger partial charge in [0.05, 0.1) is 33.0 Å². The zero-order valence-electron chi connectivity index (χ0n) is 11.9. The van der Waals surface area contributed by atoms with Crippen molar-refractivity contribution in [3.05, 3.63) is 41.2 Å². The first kappa shape index (κ1) is 17.3. The van der Waals surface area contributed by atoms with Crippen LogP contribution in [0.1, 0.15) is 11.1 Å². The Kier molecular flexibility index (Phi) is 8.27. The van der Waals surface area contributed by atoms with Gasteiger partial charge in [0.1, 0.15) is 5.82 Å². The molecule has 6 heteroatoms. The van der Waals surface area contributed by atoms with Crippen molar-refractivity contribution in [2.75, 3.05) is 33.5 Å². The zero-order chi connectivity index (χ0) is 15.5. The standard InChI is InChI=1S/C15H19FO5/c1-19-6-7-20-8-9-21-11-12-2-4-14(16)13(10-12)3-5-15(17)18/h2-5,10H,6-9,11H2,1H3,(H,17,18)/b5-3+. The van der Waals surface area contributed by atoms with Crippen molar-refractivity contribution in [1.82, 2.24) is 0 Å². The Bertz CT molecular complexity index is 473. The van der Waals surface area contributed by atoms with Crippen molar-refractivity contribution in [3.63, 3.8) is 0 Å². The fourth-order valence-corrected chi connectivity index (χ4v) is 1.52. The van der Waals surface area contributed by atoms with Gasteiger partial charge in [0, 0.05) is 18.7 Å². The highest BCUT2D eigenvalue weighted by molar-refractivity contribution is 5.85. The van der Waals surface area contributed by atoms with Gasteiger partial charge in [-0.1, -0.05) is 6.07 Å². The summed E-state index contributed by atoms with van der Waals surface area (Å²) in [4.78, 5) is 10.4. The van der Waals surface area contributed by atoms with Crippen molar-refractivity contribution in [3.8, 4) is 0 Å². The molecule has 21 heavy (non-hydrogen) atoms. The number of ether oxygens (including phenoxy) is 3. The smallest absolute Gasteiger partial charge is 0.328 e. The molecular weight excluding hydrogens is 279 g/mol. The predicted molar refractivity (Wildman–Crippen MR) is 75.4 cm³/mol. The van der Waals surface area contributed by atoms with Crippen LogP contribution >= 0.6 is 0 Å². The van der Waals surface area contributed by atoms with E-state index in [2.05, 4.69) is 0 Å². The summed E-state index contributed by atoms with van der Waals surface area (Å²) < 4.78 is 28.9. The van der Waals surface area contributed by atoms with Gasteiger partial charge in [0.2, 0.25) is 0 Å². The molecule has 1 N–H and O–H groups in total. The summed E-state index contributed by atoms with van der Waals surface area (Å²) in [6.45, 7) is 2.23. The molecule has 0 fully saturated rings. The van der Waals surface area contributed by atoms with E-state index in [-0.39, 0.29) is 5.56 Å². The topological polar surface area (TPSA) is 65.0 Å². The number of carboxylic acids is 1. The molecule has 0 unspecified atom stereocenters. The van der Waals surface area contributed by atoms with Gasteiger partial charge in [-0.3, -0.25) is 0 Å². The molecule has 1 aromatic carbocycles. The van der Waals surface area contributed by atoms with Crippen LogP contribution in [-0.4, -0.2) is 44.6 Å². The summed E-state index contributed by atoms with van der Waals surface area (Å²) in [5, 5.41) is 8.54. The van der Waals surface area contributed by atoms with E-state index in [0.717, 1.165) is 11.6 Å². The summed E-state index contributed by atoms with van der Waals surface area (Å²) in [7, 11) is 1.60. The van der Waals surface area contributed by atoms with Crippen LogP contribution in [0.4, 0.5) is 4.39 Å². The molecule has 1 aromatic rings. The van der Waals surface area contributed by atoms with Gasteiger partial charge in [0.25, 0.3) is 0 Å². The van der Waals surface area contributed by atoms with Crippen LogP contribution < -0.4 is 0 Å². The molecule has 0 amide bonds. The van der Waals surface area contributed by atoms with E-state index in [9.17, 15) is 9.18 Å². The first-order valence-corrected chi connectivity index (χ1v) is 6.47. The van der Waals surface area contributed by atoms with Crippen LogP contribution in [0.5, 0.6) is 0 Å². The van der Waals surface area contributed by atoms with Crippen molar-refractivity contribution >= 4 is 12.0 Å². The van der Waals surface area contributed by atoms with E-state index in [1.165, 1.54) is 12.1 Å². The first-order chi connectivity index (χ1) is 10.1. The number of rotatable bonds is 10. The van der Waals surface area contributed by atoms with E-state index in [1.807, 2.05) is 0 Å². The highest BCUT2D eigenvalue weighted by Gasteiger charge is 2.02. The number of benzene rings is 1. The van der Waals surface area contributed by atoms with Gasteiger partial charge in [-0.05, 0) is 23.8 Å². The largest absolute Gasteiger partial charge is 0.478 e. The normalized spacial score (nSPS) is 11.1. The minimum Gasteiger partial charge on any atom is -0.478 e. The Morgan fingerprint density at radius 2 is 1.95 bits per heavy atom. The summed E-state index contributed by atoms with van der Waals surface area (Å²) >= 11 is 0. The Hall–Kier alpha value is -1.76. The van der Waals surface area contributed by atoms with E-state index < -0.39 is 11.8 Å². The number of methoxy groups -OCH3 is 1. The third-order valence-electron chi connectivity index (χ3n) is 2.54. The quantitative estimate of drug-likeness (QED) is 0.529. The second kappa shape index (κ2) is 10.0. The maximum atomic E-state index is 13.5. The molecule has 0 heterocycles. The summed E-state index contributed by atoms with van der Waals surface area (Å²) in [5.74, 6) is -1.59. The molecule has 0 saturated heterocycles. The lowest BCUT2D eigenvalue weighted by Crippen LogP contribution is -2.08. The number of hydrogen-bond donors (Lipinski definition) is 1. The average Bonchev–Trinajstić information content (AvgIpc) is 2.46. The highest BCUT2D eigenvalue weighted by atomic mass is 19.1. The highest BCUT2D eigenvalue weighted by Crippen LogP contribution is 2.13. The zero-order valence-corrected chi connectivity index (χ0v) is 11.9. The second-order valence-corrected chi connectivity index (χ2v) is 4.19. The van der Waals surface area contributed by atoms with Crippen molar-refractivity contribution < 1.29 is 28.5 Å². The van der Waals surface area contributed by atoms with Crippen LogP contribution in [0.2, 0.25) is 0 Å². The lowest BCUT2D eigenvalue weighted by molar-refractivity contribution is -0.131. The van der Waals surface area contributed by atoms with E-state index in [1.54, 1.807) is 19.2 Å². The maximum Gasteiger partial charge on any atom is 0.328 e. The Balaban J connectivity index is 2.38. The fraction of sp³-hybridized carbons (Fsp3) is 0.400. The third-order valence-corrected chi connectivity index (χ3v) is 2.54. The van der Waals surface area contributed by atoms with Crippen LogP contribution in [0.3, 0.4) is 0 Å². The van der Waals surface area contributed by atoms with Gasteiger partial charge in [-0.15, -0.1) is 0 Å². The molecule has 0 bridgehead atoms. The van der Waals surface area contributed by atoms with Gasteiger partial charge >= 0.3 is 5.97 Å². The Morgan fingerprint density at radius 3 is 2.67 bits per heavy atom. The molecule has 0 atom stereocenters. The molecule has 116 valence electrons. The molecule has 0 aliphatic rings. The predicted octanol–water partition coefficient (Wildman–Crippen LogP) is 2.10. The van der Waals surface area contributed by atoms with Gasteiger partial charge in [-0.25, -0.2) is 9.18 Å². The van der Waals surface area contributed by atoms with Crippen LogP contribution in [0.15, 0.2) is 24.3 Å². The molecule has 0 aromatic heterocycles. The number of aliphatic carboxylic acids is 1. The number of hydrogen-bond acceptors (Lipinski definition) is 4. The lowest BCUT2D eigenvalue weighted by Gasteiger charge is -2.07. The van der Waals surface area contributed by atoms with Gasteiger partial charge in [-0.2, -0.15) is 0 Å². The van der Waals surface area contributed by atoms with Gasteiger partial charge < -0.3 is 19.3 Å². The third kappa shape index (κ3) is 7.55. The van der Waals surface area contributed by atoms with Crippen LogP contribution in [0.25, 0.3) is 6.08 Å². The molecule has 0 saturated carbocycles. The van der Waals surface area contributed by atoms with Gasteiger partial charge in [0.15, 0.2) is 0 Å². The lowest BCUT2D eigenvalue weighted by atomic mass is 10.1. The minimum atomic E-state index is -1.12. The van der Waals surface area contributed by atoms with Crippen LogP contribution in [0, 0.1) is 5.82 Å². The molecule has 0 aliphatic heterocycles. The maximum absolute atomic E-state index is 13.5. The molecular formula is C15H19FO5. The number of carboxylic acid groups (broad SMARTS) is 1. The van der Waals surface area contributed by atoms with Crippen molar-refractivity contribution in [2.45, 2.75) is 6.61 Å². The van der Waals surface area contributed by atoms with E-state index in [0.29, 0.717) is 33.0 Å². The Morgan fingerprint density at radius 1 is 1.24 bits per heavy atom. The molecule has 0 radical (unpaired) electrons. The first-order valence-electron chi connectivity index (χ1n) is 6.47.